The second kappa shape index (κ2) is 16.4. The number of rotatable bonds is 16. The molecule has 1 atom stereocenters. The van der Waals surface area contributed by atoms with Gasteiger partial charge >= 0.3 is 0 Å². The number of hydrogen-bond donors (Lipinski definition) is 1. The van der Waals surface area contributed by atoms with Crippen molar-refractivity contribution in [2.75, 3.05) is 6.61 Å². The van der Waals surface area contributed by atoms with Crippen LogP contribution in [0.25, 0.3) is 0 Å². The van der Waals surface area contributed by atoms with Crippen molar-refractivity contribution in [2.24, 2.45) is 0 Å². The molecule has 0 saturated heterocycles. The summed E-state index contributed by atoms with van der Waals surface area (Å²) >= 11 is 0. The van der Waals surface area contributed by atoms with Gasteiger partial charge in [0.1, 0.15) is 0 Å². The summed E-state index contributed by atoms with van der Waals surface area (Å²) in [5, 5.41) is 8.76. The molecule has 1 aromatic carbocycles. The van der Waals surface area contributed by atoms with E-state index in [1.165, 1.54) is 63.4 Å². The first-order valence-electron chi connectivity index (χ1n) is 10.3. The summed E-state index contributed by atoms with van der Waals surface area (Å²) in [4.78, 5) is 0. The monoisotopic (exact) mass is 346 g/mol. The van der Waals surface area contributed by atoms with Gasteiger partial charge in [-0.2, -0.15) is 0 Å². The number of unbranched alkanes of at least 4 members (excludes halogenated alkanes) is 7. The van der Waals surface area contributed by atoms with Gasteiger partial charge in [0.25, 0.3) is 0 Å². The van der Waals surface area contributed by atoms with E-state index in [0.717, 1.165) is 19.4 Å². The van der Waals surface area contributed by atoms with Crippen LogP contribution in [0.5, 0.6) is 0 Å². The van der Waals surface area contributed by atoms with Gasteiger partial charge in [0, 0.05) is 0 Å². The second-order valence-electron chi connectivity index (χ2n) is 6.91. The van der Waals surface area contributed by atoms with Crippen molar-refractivity contribution in [1.29, 1.82) is 0 Å². The minimum atomic E-state index is 0.154. The number of benzene rings is 1. The highest BCUT2D eigenvalue weighted by molar-refractivity contribution is 5.13. The molecule has 0 heterocycles. The van der Waals surface area contributed by atoms with E-state index in [4.69, 9.17) is 9.84 Å². The van der Waals surface area contributed by atoms with Crippen molar-refractivity contribution in [3.8, 4) is 0 Å². The number of aliphatic hydroxyl groups excluding tert-OH is 1. The molecule has 2 heteroatoms. The highest BCUT2D eigenvalue weighted by atomic mass is 16.5. The summed E-state index contributed by atoms with van der Waals surface area (Å²) in [6, 6.07) is 10.5. The lowest BCUT2D eigenvalue weighted by Crippen LogP contribution is -2.13. The summed E-state index contributed by atoms with van der Waals surface area (Å²) in [6.07, 6.45) is 18.1. The third kappa shape index (κ3) is 12.8. The lowest BCUT2D eigenvalue weighted by Gasteiger charge is -2.18. The molecule has 0 fully saturated rings. The van der Waals surface area contributed by atoms with Crippen molar-refractivity contribution in [3.63, 3.8) is 0 Å². The van der Waals surface area contributed by atoms with Crippen molar-refractivity contribution in [3.05, 3.63) is 48.0 Å². The third-order valence-corrected chi connectivity index (χ3v) is 4.63. The van der Waals surface area contributed by atoms with Crippen LogP contribution in [-0.4, -0.2) is 17.8 Å². The van der Waals surface area contributed by atoms with Gasteiger partial charge in [0.2, 0.25) is 0 Å². The quantitative estimate of drug-likeness (QED) is 0.276. The first kappa shape index (κ1) is 21.9. The molecule has 0 aliphatic rings. The Balaban J connectivity index is 2.26. The fraction of sp³-hybridized carbons (Fsp3) is 0.652. The standard InChI is InChI=1S/C23H38O2/c1-2-3-4-5-7-13-18-23(19-14-8-6-9-15-20-24)25-21-22-16-11-10-12-17-22/h9-12,15-17,23-24H,2-8,13-14,18-21H2,1H3. The first-order chi connectivity index (χ1) is 12.4. The van der Waals surface area contributed by atoms with E-state index in [-0.39, 0.29) is 6.61 Å². The maximum absolute atomic E-state index is 8.76. The van der Waals surface area contributed by atoms with E-state index in [2.05, 4.69) is 43.3 Å². The predicted molar refractivity (Wildman–Crippen MR) is 108 cm³/mol. The zero-order valence-electron chi connectivity index (χ0n) is 16.2. The van der Waals surface area contributed by atoms with Gasteiger partial charge in [-0.05, 0) is 31.2 Å². The Labute approximate surface area is 155 Å². The largest absolute Gasteiger partial charge is 0.392 e. The van der Waals surface area contributed by atoms with Crippen LogP contribution in [-0.2, 0) is 11.3 Å². The van der Waals surface area contributed by atoms with E-state index in [9.17, 15) is 0 Å². The fourth-order valence-electron chi connectivity index (χ4n) is 3.08. The Morgan fingerprint density at radius 3 is 2.28 bits per heavy atom. The van der Waals surface area contributed by atoms with Crippen LogP contribution in [0.3, 0.4) is 0 Å². The first-order valence-corrected chi connectivity index (χ1v) is 10.3. The van der Waals surface area contributed by atoms with Gasteiger partial charge in [-0.1, -0.05) is 94.4 Å². The second-order valence-corrected chi connectivity index (χ2v) is 6.91. The Hall–Kier alpha value is -1.12. The minimum absolute atomic E-state index is 0.154. The molecule has 2 nitrogen and oxygen atoms in total. The van der Waals surface area contributed by atoms with Gasteiger partial charge in [-0.3, -0.25) is 0 Å². The van der Waals surface area contributed by atoms with Crippen LogP contribution in [0.2, 0.25) is 0 Å². The summed E-state index contributed by atoms with van der Waals surface area (Å²) in [5.74, 6) is 0. The normalized spacial score (nSPS) is 12.7. The maximum Gasteiger partial charge on any atom is 0.0720 e. The van der Waals surface area contributed by atoms with Gasteiger partial charge in [0.15, 0.2) is 0 Å². The predicted octanol–water partition coefficient (Wildman–Crippen LogP) is 6.43. The maximum atomic E-state index is 8.76. The van der Waals surface area contributed by atoms with Gasteiger partial charge in [-0.25, -0.2) is 0 Å². The number of ether oxygens (including phenoxy) is 1. The molecule has 0 aliphatic carbocycles. The van der Waals surface area contributed by atoms with Gasteiger partial charge in [-0.15, -0.1) is 0 Å². The molecule has 1 rings (SSSR count). The lowest BCUT2D eigenvalue weighted by molar-refractivity contribution is 0.0262. The molecule has 0 aromatic heterocycles. The number of allylic oxidation sites excluding steroid dienone is 1. The van der Waals surface area contributed by atoms with Crippen LogP contribution in [0, 0.1) is 0 Å². The highest BCUT2D eigenvalue weighted by Gasteiger charge is 2.09. The number of hydrogen-bond acceptors (Lipinski definition) is 2. The Bertz CT molecular complexity index is 413. The molecule has 0 radical (unpaired) electrons. The summed E-state index contributed by atoms with van der Waals surface area (Å²) in [5.41, 5.74) is 1.27. The molecule has 1 unspecified atom stereocenters. The number of aliphatic hydroxyl groups is 1. The SMILES string of the molecule is CCCCCCCCC(CCCCC=CCO)OCc1ccccc1. The van der Waals surface area contributed by atoms with Crippen molar-refractivity contribution >= 4 is 0 Å². The molecule has 142 valence electrons. The average molecular weight is 347 g/mol. The molecule has 0 bridgehead atoms. The molecular formula is C23H38O2. The van der Waals surface area contributed by atoms with Crippen LogP contribution in [0.4, 0.5) is 0 Å². The van der Waals surface area contributed by atoms with Crippen LogP contribution >= 0.6 is 0 Å². The zero-order chi connectivity index (χ0) is 18.0. The van der Waals surface area contributed by atoms with Gasteiger partial charge < -0.3 is 9.84 Å². The highest BCUT2D eigenvalue weighted by Crippen LogP contribution is 2.17. The molecule has 0 saturated carbocycles. The van der Waals surface area contributed by atoms with Crippen LogP contribution < -0.4 is 0 Å². The van der Waals surface area contributed by atoms with Crippen LogP contribution in [0.1, 0.15) is 83.1 Å². The summed E-state index contributed by atoms with van der Waals surface area (Å²) in [6.45, 7) is 3.15. The van der Waals surface area contributed by atoms with Gasteiger partial charge in [0.05, 0.1) is 19.3 Å². The Kier molecular flexibility index (Phi) is 14.3. The van der Waals surface area contributed by atoms with E-state index in [1.54, 1.807) is 0 Å². The topological polar surface area (TPSA) is 29.5 Å². The average Bonchev–Trinajstić information content (AvgIpc) is 2.65. The smallest absolute Gasteiger partial charge is 0.0720 e. The van der Waals surface area contributed by atoms with E-state index >= 15 is 0 Å². The van der Waals surface area contributed by atoms with E-state index in [0.29, 0.717) is 6.10 Å². The van der Waals surface area contributed by atoms with Crippen molar-refractivity contribution in [1.82, 2.24) is 0 Å². The zero-order valence-corrected chi connectivity index (χ0v) is 16.2. The minimum Gasteiger partial charge on any atom is -0.392 e. The summed E-state index contributed by atoms with van der Waals surface area (Å²) < 4.78 is 6.23. The molecule has 0 amide bonds. The molecule has 25 heavy (non-hydrogen) atoms. The Morgan fingerprint density at radius 2 is 1.56 bits per heavy atom. The van der Waals surface area contributed by atoms with Crippen LogP contribution in [0.15, 0.2) is 42.5 Å². The van der Waals surface area contributed by atoms with Crippen molar-refractivity contribution < 1.29 is 9.84 Å². The molecular weight excluding hydrogens is 308 g/mol. The van der Waals surface area contributed by atoms with E-state index in [1.807, 2.05) is 6.08 Å². The molecule has 0 aliphatic heterocycles. The molecule has 1 N–H and O–H groups in total. The lowest BCUT2D eigenvalue weighted by atomic mass is 10.0. The van der Waals surface area contributed by atoms with E-state index < -0.39 is 0 Å². The van der Waals surface area contributed by atoms with Crippen molar-refractivity contribution in [2.45, 2.75) is 90.3 Å². The third-order valence-electron chi connectivity index (χ3n) is 4.63. The Morgan fingerprint density at radius 1 is 0.880 bits per heavy atom. The molecule has 0 spiro atoms. The summed E-state index contributed by atoms with van der Waals surface area (Å²) in [7, 11) is 0. The molecule has 1 aromatic rings. The fourth-order valence-corrected chi connectivity index (χ4v) is 3.08.